The minimum atomic E-state index is -0.799. The van der Waals surface area contributed by atoms with Gasteiger partial charge in [0.2, 0.25) is 0 Å². The van der Waals surface area contributed by atoms with E-state index in [1.165, 1.54) is 11.3 Å². The fraction of sp³-hybridized carbons (Fsp3) is 0.500. The third kappa shape index (κ3) is 2.78. The molecule has 1 atom stereocenters. The lowest BCUT2D eigenvalue weighted by Crippen LogP contribution is -2.34. The van der Waals surface area contributed by atoms with E-state index in [0.29, 0.717) is 6.54 Å². The number of aliphatic carboxylic acids is 1. The molecule has 72 valence electrons. The summed E-state index contributed by atoms with van der Waals surface area (Å²) in [5.74, 6) is -0.799. The summed E-state index contributed by atoms with van der Waals surface area (Å²) in [7, 11) is 1.79. The van der Waals surface area contributed by atoms with Crippen LogP contribution in [0.3, 0.4) is 0 Å². The average Bonchev–Trinajstić information content (AvgIpc) is 2.55. The first-order chi connectivity index (χ1) is 6.11. The van der Waals surface area contributed by atoms with Gasteiger partial charge in [0.1, 0.15) is 6.04 Å². The maximum absolute atomic E-state index is 10.6. The van der Waals surface area contributed by atoms with Crippen LogP contribution in [0.25, 0.3) is 0 Å². The van der Waals surface area contributed by atoms with Crippen LogP contribution in [0, 0.1) is 0 Å². The molecule has 0 bridgehead atoms. The Labute approximate surface area is 80.8 Å². The van der Waals surface area contributed by atoms with E-state index in [1.54, 1.807) is 30.6 Å². The molecule has 1 unspecified atom stereocenters. The smallest absolute Gasteiger partial charge is 0.320 e. The molecule has 13 heavy (non-hydrogen) atoms. The van der Waals surface area contributed by atoms with Crippen LogP contribution in [0.2, 0.25) is 0 Å². The lowest BCUT2D eigenvalue weighted by Gasteiger charge is -2.19. The van der Waals surface area contributed by atoms with Crippen molar-refractivity contribution in [2.24, 2.45) is 0 Å². The molecule has 0 aliphatic rings. The number of nitrogens with zero attached hydrogens (tertiary/aromatic N) is 2. The number of carboxylic acid groups (broad SMARTS) is 1. The second-order valence-corrected chi connectivity index (χ2v) is 3.87. The van der Waals surface area contributed by atoms with Crippen molar-refractivity contribution in [2.75, 3.05) is 7.05 Å². The van der Waals surface area contributed by atoms with E-state index < -0.39 is 12.0 Å². The average molecular weight is 200 g/mol. The second kappa shape index (κ2) is 4.34. The van der Waals surface area contributed by atoms with Crippen molar-refractivity contribution in [2.45, 2.75) is 19.5 Å². The summed E-state index contributed by atoms with van der Waals surface area (Å²) in [6.45, 7) is 2.31. The standard InChI is InChI=1S/C8H12N2O2S/c1-6(8(11)12)10(2)4-7-3-9-5-13-7/h3,5-6H,4H2,1-2H3,(H,11,12). The first-order valence-corrected chi connectivity index (χ1v) is 4.79. The first kappa shape index (κ1) is 10.1. The minimum absolute atomic E-state index is 0.456. The molecule has 0 saturated heterocycles. The molecule has 0 radical (unpaired) electrons. The maximum Gasteiger partial charge on any atom is 0.320 e. The number of carboxylic acids is 1. The zero-order valence-electron chi connectivity index (χ0n) is 7.60. The summed E-state index contributed by atoms with van der Waals surface area (Å²) in [5.41, 5.74) is 1.74. The molecule has 5 heteroatoms. The summed E-state index contributed by atoms with van der Waals surface area (Å²) in [6.07, 6.45) is 1.76. The van der Waals surface area contributed by atoms with E-state index in [-0.39, 0.29) is 0 Å². The van der Waals surface area contributed by atoms with Crippen LogP contribution in [0.15, 0.2) is 11.7 Å². The van der Waals surface area contributed by atoms with Crippen LogP contribution in [0.1, 0.15) is 11.8 Å². The molecule has 0 aliphatic heterocycles. The van der Waals surface area contributed by atoms with E-state index in [2.05, 4.69) is 4.98 Å². The van der Waals surface area contributed by atoms with Gasteiger partial charge in [-0.3, -0.25) is 14.7 Å². The van der Waals surface area contributed by atoms with Crippen LogP contribution in [-0.2, 0) is 11.3 Å². The van der Waals surface area contributed by atoms with Gasteiger partial charge in [0, 0.05) is 17.6 Å². The molecular formula is C8H12N2O2S. The Bertz CT molecular complexity index is 274. The highest BCUT2D eigenvalue weighted by Gasteiger charge is 2.16. The third-order valence-corrected chi connectivity index (χ3v) is 2.67. The molecular weight excluding hydrogens is 188 g/mol. The van der Waals surface area contributed by atoms with Gasteiger partial charge in [0.25, 0.3) is 0 Å². The zero-order valence-corrected chi connectivity index (χ0v) is 8.41. The van der Waals surface area contributed by atoms with Gasteiger partial charge in [-0.1, -0.05) is 0 Å². The van der Waals surface area contributed by atoms with E-state index in [1.807, 2.05) is 0 Å². The fourth-order valence-electron chi connectivity index (χ4n) is 0.891. The van der Waals surface area contributed by atoms with E-state index in [0.717, 1.165) is 4.88 Å². The highest BCUT2D eigenvalue weighted by molar-refractivity contribution is 7.09. The molecule has 0 fully saturated rings. The highest BCUT2D eigenvalue weighted by Crippen LogP contribution is 2.10. The molecule has 0 aromatic carbocycles. The third-order valence-electron chi connectivity index (χ3n) is 1.91. The lowest BCUT2D eigenvalue weighted by atomic mass is 10.3. The largest absolute Gasteiger partial charge is 0.480 e. The topological polar surface area (TPSA) is 53.4 Å². The summed E-state index contributed by atoms with van der Waals surface area (Å²) in [4.78, 5) is 17.4. The zero-order chi connectivity index (χ0) is 9.84. The van der Waals surface area contributed by atoms with E-state index in [9.17, 15) is 4.79 Å². The molecule has 1 heterocycles. The number of rotatable bonds is 4. The van der Waals surface area contributed by atoms with Gasteiger partial charge in [0.15, 0.2) is 0 Å². The van der Waals surface area contributed by atoms with Crippen LogP contribution < -0.4 is 0 Å². The Hall–Kier alpha value is -0.940. The Morgan fingerprint density at radius 1 is 1.85 bits per heavy atom. The first-order valence-electron chi connectivity index (χ1n) is 3.91. The molecule has 1 aromatic heterocycles. The lowest BCUT2D eigenvalue weighted by molar-refractivity contribution is -0.142. The summed E-state index contributed by atoms with van der Waals surface area (Å²) < 4.78 is 0. The van der Waals surface area contributed by atoms with Gasteiger partial charge in [-0.15, -0.1) is 11.3 Å². The van der Waals surface area contributed by atoms with Crippen molar-refractivity contribution in [3.05, 3.63) is 16.6 Å². The van der Waals surface area contributed by atoms with Crippen molar-refractivity contribution < 1.29 is 9.90 Å². The summed E-state index contributed by atoms with van der Waals surface area (Å²) in [5, 5.41) is 8.73. The molecule has 4 nitrogen and oxygen atoms in total. The number of hydrogen-bond acceptors (Lipinski definition) is 4. The van der Waals surface area contributed by atoms with Crippen LogP contribution in [0.4, 0.5) is 0 Å². The second-order valence-electron chi connectivity index (χ2n) is 2.90. The molecule has 1 aromatic rings. The number of hydrogen-bond donors (Lipinski definition) is 1. The Kier molecular flexibility index (Phi) is 3.39. The van der Waals surface area contributed by atoms with Crippen LogP contribution >= 0.6 is 11.3 Å². The Balaban J connectivity index is 2.50. The highest BCUT2D eigenvalue weighted by atomic mass is 32.1. The van der Waals surface area contributed by atoms with Gasteiger partial charge in [-0.05, 0) is 14.0 Å². The van der Waals surface area contributed by atoms with Crippen molar-refractivity contribution in [3.8, 4) is 0 Å². The number of likely N-dealkylation sites (N-methyl/N-ethyl adjacent to an activating group) is 1. The number of carbonyl (C=O) groups is 1. The van der Waals surface area contributed by atoms with Crippen molar-refractivity contribution in [1.29, 1.82) is 0 Å². The number of thiazole rings is 1. The normalized spacial score (nSPS) is 13.2. The fourth-order valence-corrected chi connectivity index (χ4v) is 1.55. The predicted molar refractivity (Wildman–Crippen MR) is 50.7 cm³/mol. The van der Waals surface area contributed by atoms with Crippen molar-refractivity contribution in [1.82, 2.24) is 9.88 Å². The molecule has 0 saturated carbocycles. The Morgan fingerprint density at radius 2 is 2.54 bits per heavy atom. The predicted octanol–water partition coefficient (Wildman–Crippen LogP) is 1.05. The quantitative estimate of drug-likeness (QED) is 0.789. The van der Waals surface area contributed by atoms with Gasteiger partial charge >= 0.3 is 5.97 Å². The van der Waals surface area contributed by atoms with E-state index >= 15 is 0 Å². The van der Waals surface area contributed by atoms with Gasteiger partial charge in [0.05, 0.1) is 5.51 Å². The minimum Gasteiger partial charge on any atom is -0.480 e. The summed E-state index contributed by atoms with van der Waals surface area (Å²) >= 11 is 1.53. The van der Waals surface area contributed by atoms with Crippen LogP contribution in [-0.4, -0.2) is 34.0 Å². The van der Waals surface area contributed by atoms with Gasteiger partial charge in [-0.25, -0.2) is 0 Å². The maximum atomic E-state index is 10.6. The van der Waals surface area contributed by atoms with Crippen molar-refractivity contribution in [3.63, 3.8) is 0 Å². The van der Waals surface area contributed by atoms with Gasteiger partial charge < -0.3 is 5.11 Å². The summed E-state index contributed by atoms with van der Waals surface area (Å²) in [6, 6.07) is -0.456. The molecule has 0 aliphatic carbocycles. The van der Waals surface area contributed by atoms with E-state index in [4.69, 9.17) is 5.11 Å². The SMILES string of the molecule is CC(C(=O)O)N(C)Cc1cncs1. The molecule has 1 rings (SSSR count). The number of aromatic nitrogens is 1. The van der Waals surface area contributed by atoms with Gasteiger partial charge in [-0.2, -0.15) is 0 Å². The van der Waals surface area contributed by atoms with Crippen molar-refractivity contribution >= 4 is 17.3 Å². The van der Waals surface area contributed by atoms with Crippen LogP contribution in [0.5, 0.6) is 0 Å². The molecule has 1 N–H and O–H groups in total. The Morgan fingerprint density at radius 3 is 3.00 bits per heavy atom. The molecule has 0 spiro atoms. The monoisotopic (exact) mass is 200 g/mol. The molecule has 0 amide bonds.